The molecule has 2 aromatic heterocycles. The number of hydrogen-bond acceptors (Lipinski definition) is 6. The van der Waals surface area contributed by atoms with Crippen molar-refractivity contribution in [2.75, 3.05) is 14.2 Å². The van der Waals surface area contributed by atoms with E-state index in [0.29, 0.717) is 41.6 Å². The first-order valence-electron chi connectivity index (χ1n) is 8.49. The molecule has 3 aromatic rings. The fourth-order valence-electron chi connectivity index (χ4n) is 3.06. The molecule has 0 bridgehead atoms. The molecule has 7 nitrogen and oxygen atoms in total. The van der Waals surface area contributed by atoms with Crippen LogP contribution in [-0.4, -0.2) is 30.3 Å². The summed E-state index contributed by atoms with van der Waals surface area (Å²) in [5.41, 5.74) is 1.27. The Labute approximate surface area is 156 Å². The summed E-state index contributed by atoms with van der Waals surface area (Å²) in [5.74, 6) is 0.650. The minimum Gasteiger partial charge on any atom is -0.493 e. The number of nitrogens with zero attached hydrogens (tertiary/aromatic N) is 1. The van der Waals surface area contributed by atoms with E-state index in [9.17, 15) is 9.90 Å². The topological polar surface area (TPSA) is 94.9 Å². The third kappa shape index (κ3) is 3.81. The van der Waals surface area contributed by atoms with Crippen LogP contribution in [0.25, 0.3) is 11.7 Å². The highest BCUT2D eigenvalue weighted by Gasteiger charge is 2.28. The van der Waals surface area contributed by atoms with Gasteiger partial charge in [0.2, 0.25) is 0 Å². The van der Waals surface area contributed by atoms with Gasteiger partial charge in [-0.15, -0.1) is 0 Å². The van der Waals surface area contributed by atoms with Crippen LogP contribution in [-0.2, 0) is 11.2 Å². The van der Waals surface area contributed by atoms with Gasteiger partial charge in [-0.05, 0) is 43.5 Å². The van der Waals surface area contributed by atoms with E-state index in [1.54, 1.807) is 39.3 Å². The van der Waals surface area contributed by atoms with Gasteiger partial charge in [0, 0.05) is 0 Å². The molecule has 0 fully saturated rings. The molecular weight excluding hydrogens is 350 g/mol. The Balaban J connectivity index is 1.85. The van der Waals surface area contributed by atoms with Crippen LogP contribution in [0.1, 0.15) is 29.4 Å². The number of ether oxygens (including phenoxy) is 2. The molecule has 0 aliphatic carbocycles. The Bertz CT molecular complexity index is 913. The van der Waals surface area contributed by atoms with Crippen molar-refractivity contribution >= 4 is 5.97 Å². The lowest BCUT2D eigenvalue weighted by Gasteiger charge is -2.14. The molecule has 27 heavy (non-hydrogen) atoms. The third-order valence-electron chi connectivity index (χ3n) is 4.38. The van der Waals surface area contributed by atoms with Crippen molar-refractivity contribution in [1.82, 2.24) is 4.98 Å². The van der Waals surface area contributed by atoms with E-state index in [1.807, 2.05) is 12.1 Å². The molecule has 0 amide bonds. The van der Waals surface area contributed by atoms with E-state index in [2.05, 4.69) is 4.98 Å². The molecule has 1 unspecified atom stereocenters. The zero-order valence-corrected chi connectivity index (χ0v) is 15.4. The highest BCUT2D eigenvalue weighted by Crippen LogP contribution is 2.34. The number of carboxylic acids is 1. The van der Waals surface area contributed by atoms with Crippen LogP contribution in [0.3, 0.4) is 0 Å². The third-order valence-corrected chi connectivity index (χ3v) is 4.38. The first-order chi connectivity index (χ1) is 13.0. The fourth-order valence-corrected chi connectivity index (χ4v) is 3.06. The number of benzene rings is 1. The molecule has 2 heterocycles. The predicted molar refractivity (Wildman–Crippen MR) is 97.2 cm³/mol. The van der Waals surface area contributed by atoms with E-state index < -0.39 is 11.9 Å². The van der Waals surface area contributed by atoms with Crippen LogP contribution in [0.2, 0.25) is 0 Å². The summed E-state index contributed by atoms with van der Waals surface area (Å²) in [6, 6.07) is 8.98. The summed E-state index contributed by atoms with van der Waals surface area (Å²) < 4.78 is 21.6. The number of rotatable bonds is 8. The number of carbonyl (C=O) groups is 1. The summed E-state index contributed by atoms with van der Waals surface area (Å²) in [7, 11) is 3.13. The summed E-state index contributed by atoms with van der Waals surface area (Å²) in [6.45, 7) is 1.71. The normalized spacial score (nSPS) is 12.0. The molecule has 0 spiro atoms. The largest absolute Gasteiger partial charge is 0.493 e. The number of aromatic nitrogens is 1. The molecule has 7 heteroatoms. The molecule has 1 aromatic carbocycles. The van der Waals surface area contributed by atoms with Gasteiger partial charge in [0.05, 0.1) is 26.2 Å². The van der Waals surface area contributed by atoms with Gasteiger partial charge in [0.1, 0.15) is 11.7 Å². The molecule has 3 rings (SSSR count). The van der Waals surface area contributed by atoms with Crippen molar-refractivity contribution in [1.29, 1.82) is 0 Å². The molecule has 0 aliphatic rings. The van der Waals surface area contributed by atoms with Crippen molar-refractivity contribution in [3.63, 3.8) is 0 Å². The highest BCUT2D eigenvalue weighted by molar-refractivity contribution is 5.76. The second kappa shape index (κ2) is 7.99. The summed E-state index contributed by atoms with van der Waals surface area (Å²) in [5, 5.41) is 9.74. The van der Waals surface area contributed by atoms with E-state index in [4.69, 9.17) is 18.3 Å². The van der Waals surface area contributed by atoms with Gasteiger partial charge >= 0.3 is 5.97 Å². The number of hydrogen-bond donors (Lipinski definition) is 1. The minimum atomic E-state index is -0.959. The Morgan fingerprint density at radius 2 is 2.04 bits per heavy atom. The number of furan rings is 1. The van der Waals surface area contributed by atoms with Crippen molar-refractivity contribution in [3.8, 4) is 23.1 Å². The monoisotopic (exact) mass is 371 g/mol. The molecular formula is C20H21NO6. The molecule has 0 saturated heterocycles. The lowest BCUT2D eigenvalue weighted by molar-refractivity contribution is -0.139. The quantitative estimate of drug-likeness (QED) is 0.638. The van der Waals surface area contributed by atoms with Crippen LogP contribution in [0.4, 0.5) is 0 Å². The van der Waals surface area contributed by atoms with Crippen LogP contribution in [0.15, 0.2) is 45.4 Å². The fraction of sp³-hybridized carbons (Fsp3) is 0.300. The van der Waals surface area contributed by atoms with Gasteiger partial charge in [-0.3, -0.25) is 4.79 Å². The predicted octanol–water partition coefficient (Wildman–Crippen LogP) is 4.06. The second-order valence-electron chi connectivity index (χ2n) is 6.02. The van der Waals surface area contributed by atoms with E-state index in [0.717, 1.165) is 5.56 Å². The van der Waals surface area contributed by atoms with E-state index in [-0.39, 0.29) is 5.89 Å². The van der Waals surface area contributed by atoms with Gasteiger partial charge in [-0.25, -0.2) is 4.98 Å². The average Bonchev–Trinajstić information content (AvgIpc) is 3.31. The van der Waals surface area contributed by atoms with E-state index >= 15 is 0 Å². The summed E-state index contributed by atoms with van der Waals surface area (Å²) in [6.07, 6.45) is 2.34. The molecule has 0 saturated carbocycles. The van der Waals surface area contributed by atoms with Crippen LogP contribution < -0.4 is 9.47 Å². The number of methoxy groups -OCH3 is 2. The minimum absolute atomic E-state index is 0.276. The number of carboxylic acid groups (broad SMARTS) is 1. The van der Waals surface area contributed by atoms with Gasteiger partial charge in [0.15, 0.2) is 17.3 Å². The van der Waals surface area contributed by atoms with E-state index in [1.165, 1.54) is 6.26 Å². The molecule has 1 atom stereocenters. The molecule has 1 N–H and O–H groups in total. The lowest BCUT2D eigenvalue weighted by atomic mass is 9.95. The zero-order chi connectivity index (χ0) is 19.4. The Morgan fingerprint density at radius 1 is 1.22 bits per heavy atom. The van der Waals surface area contributed by atoms with Crippen molar-refractivity contribution in [3.05, 3.63) is 53.6 Å². The van der Waals surface area contributed by atoms with Crippen LogP contribution >= 0.6 is 0 Å². The number of aryl methyl sites for hydroxylation is 2. The maximum absolute atomic E-state index is 11.9. The number of para-hydroxylation sites is 1. The average molecular weight is 371 g/mol. The zero-order valence-electron chi connectivity index (χ0n) is 15.4. The van der Waals surface area contributed by atoms with Crippen LogP contribution in [0.5, 0.6) is 11.5 Å². The van der Waals surface area contributed by atoms with Crippen LogP contribution in [0, 0.1) is 6.92 Å². The first-order valence-corrected chi connectivity index (χ1v) is 8.49. The Kier molecular flexibility index (Phi) is 5.49. The van der Waals surface area contributed by atoms with Gasteiger partial charge in [-0.2, -0.15) is 0 Å². The SMILES string of the molecule is COc1cccc(CCC(C(=O)O)c2nc(-c3ccco3)oc2C)c1OC. The maximum Gasteiger partial charge on any atom is 0.312 e. The maximum atomic E-state index is 11.9. The van der Waals surface area contributed by atoms with Gasteiger partial charge in [0.25, 0.3) is 5.89 Å². The number of aliphatic carboxylic acids is 1. The van der Waals surface area contributed by atoms with Crippen molar-refractivity contribution in [2.45, 2.75) is 25.7 Å². The second-order valence-corrected chi connectivity index (χ2v) is 6.02. The molecule has 0 radical (unpaired) electrons. The first kappa shape index (κ1) is 18.6. The van der Waals surface area contributed by atoms with Crippen molar-refractivity contribution < 1.29 is 28.2 Å². The molecule has 0 aliphatic heterocycles. The van der Waals surface area contributed by atoms with Gasteiger partial charge < -0.3 is 23.4 Å². The summed E-state index contributed by atoms with van der Waals surface area (Å²) >= 11 is 0. The number of oxazole rings is 1. The van der Waals surface area contributed by atoms with Crippen molar-refractivity contribution in [2.24, 2.45) is 0 Å². The smallest absolute Gasteiger partial charge is 0.312 e. The standard InChI is InChI=1S/C20H21NO6/c1-12-17(21-19(27-12)16-8-5-11-26-16)14(20(22)23)10-9-13-6-4-7-15(24-2)18(13)25-3/h4-8,11,14H,9-10H2,1-3H3,(H,22,23). The Hall–Kier alpha value is -3.22. The molecule has 142 valence electrons. The summed E-state index contributed by atoms with van der Waals surface area (Å²) in [4.78, 5) is 16.3. The Morgan fingerprint density at radius 3 is 2.67 bits per heavy atom. The lowest BCUT2D eigenvalue weighted by Crippen LogP contribution is -2.14. The van der Waals surface area contributed by atoms with Gasteiger partial charge in [-0.1, -0.05) is 12.1 Å². The highest BCUT2D eigenvalue weighted by atomic mass is 16.5.